The molecule has 0 radical (unpaired) electrons. The summed E-state index contributed by atoms with van der Waals surface area (Å²) in [7, 11) is 0. The molecule has 12 heteroatoms. The van der Waals surface area contributed by atoms with Crippen LogP contribution in [0.3, 0.4) is 0 Å². The molecule has 6 rings (SSSR count). The number of hydrogen-bond donors (Lipinski definition) is 1. The Morgan fingerprint density at radius 2 is 1.72 bits per heavy atom. The number of fused-ring (bicyclic) bond motifs is 2. The molecule has 4 heterocycles. The van der Waals surface area contributed by atoms with Gasteiger partial charge >= 0.3 is 6.09 Å². The van der Waals surface area contributed by atoms with Crippen molar-refractivity contribution in [3.8, 4) is 16.8 Å². The zero-order chi connectivity index (χ0) is 30.5. The minimum Gasteiger partial charge on any atom is -0.444 e. The fourth-order valence-electron chi connectivity index (χ4n) is 5.24. The van der Waals surface area contributed by atoms with Gasteiger partial charge in [-0.05, 0) is 50.6 Å². The first kappa shape index (κ1) is 28.0. The monoisotopic (exact) mass is 585 g/mol. The number of para-hydroxylation sites is 1. The largest absolute Gasteiger partial charge is 0.444 e. The molecule has 43 heavy (non-hydrogen) atoms. The van der Waals surface area contributed by atoms with Crippen LogP contribution >= 0.6 is 0 Å². The van der Waals surface area contributed by atoms with Crippen molar-refractivity contribution in [1.29, 1.82) is 0 Å². The Hall–Kier alpha value is -5.13. The summed E-state index contributed by atoms with van der Waals surface area (Å²) in [5, 5.41) is 0.810. The van der Waals surface area contributed by atoms with E-state index in [4.69, 9.17) is 15.5 Å². The summed E-state index contributed by atoms with van der Waals surface area (Å²) >= 11 is 0. The van der Waals surface area contributed by atoms with Crippen molar-refractivity contribution in [3.63, 3.8) is 0 Å². The van der Waals surface area contributed by atoms with Crippen LogP contribution in [-0.2, 0) is 4.74 Å². The van der Waals surface area contributed by atoms with E-state index in [2.05, 4.69) is 14.9 Å². The zero-order valence-corrected chi connectivity index (χ0v) is 23.8. The second kappa shape index (κ2) is 10.6. The van der Waals surface area contributed by atoms with E-state index >= 15 is 0 Å². The molecule has 0 unspecified atom stereocenters. The standard InChI is InChI=1S/C31H29F2N7O3/c1-31(2,3)43-30(42)39-12-10-38(11-13-39)25-16-23(20-6-4-5-7-22(20)37-25)40-17-36-27-21(29(34)41)14-18(15-24(27)40)19-8-9-35-28(33)26(19)32/h4-9,14-17H,10-13H2,1-3H3,(H2,34,41). The summed E-state index contributed by atoms with van der Waals surface area (Å²) < 4.78 is 36.1. The average molecular weight is 586 g/mol. The topological polar surface area (TPSA) is 119 Å². The maximum Gasteiger partial charge on any atom is 0.410 e. The number of amides is 2. The van der Waals surface area contributed by atoms with Gasteiger partial charge in [0.1, 0.15) is 23.3 Å². The van der Waals surface area contributed by atoms with Gasteiger partial charge in [0.2, 0.25) is 5.95 Å². The Kier molecular flexibility index (Phi) is 6.91. The van der Waals surface area contributed by atoms with Gasteiger partial charge in [-0.15, -0.1) is 0 Å². The molecule has 0 bridgehead atoms. The highest BCUT2D eigenvalue weighted by atomic mass is 19.2. The van der Waals surface area contributed by atoms with Crippen LogP contribution in [0.2, 0.25) is 0 Å². The molecule has 2 amide bonds. The van der Waals surface area contributed by atoms with Crippen LogP contribution in [0.1, 0.15) is 31.1 Å². The number of piperazine rings is 1. The molecule has 1 aliphatic heterocycles. The van der Waals surface area contributed by atoms with Crippen molar-refractivity contribution in [2.45, 2.75) is 26.4 Å². The van der Waals surface area contributed by atoms with Crippen molar-refractivity contribution in [2.24, 2.45) is 5.73 Å². The predicted molar refractivity (Wildman–Crippen MR) is 158 cm³/mol. The molecule has 10 nitrogen and oxygen atoms in total. The number of hydrogen-bond acceptors (Lipinski definition) is 7. The third-order valence-electron chi connectivity index (χ3n) is 7.27. The summed E-state index contributed by atoms with van der Waals surface area (Å²) in [6, 6.07) is 13.9. The first-order valence-electron chi connectivity index (χ1n) is 13.7. The lowest BCUT2D eigenvalue weighted by molar-refractivity contribution is 0.0240. The molecule has 1 fully saturated rings. The Bertz CT molecular complexity index is 1890. The number of aromatic nitrogens is 4. The second-order valence-electron chi connectivity index (χ2n) is 11.3. The van der Waals surface area contributed by atoms with Gasteiger partial charge in [0, 0.05) is 49.4 Å². The van der Waals surface area contributed by atoms with Crippen molar-refractivity contribution in [1.82, 2.24) is 24.4 Å². The molecular weight excluding hydrogens is 556 g/mol. The number of halogens is 2. The first-order valence-corrected chi connectivity index (χ1v) is 13.7. The van der Waals surface area contributed by atoms with E-state index in [-0.39, 0.29) is 22.8 Å². The Labute approximate surface area is 245 Å². The average Bonchev–Trinajstić information content (AvgIpc) is 3.40. The van der Waals surface area contributed by atoms with E-state index in [9.17, 15) is 18.4 Å². The number of primary amides is 1. The smallest absolute Gasteiger partial charge is 0.410 e. The highest BCUT2D eigenvalue weighted by molar-refractivity contribution is 6.06. The number of rotatable bonds is 4. The van der Waals surface area contributed by atoms with E-state index < -0.39 is 23.3 Å². The molecule has 5 aromatic rings. The minimum absolute atomic E-state index is 0.0622. The normalized spacial score (nSPS) is 14.0. The van der Waals surface area contributed by atoms with Gasteiger partial charge in [0.15, 0.2) is 5.82 Å². The van der Waals surface area contributed by atoms with Gasteiger partial charge in [-0.3, -0.25) is 9.36 Å². The third kappa shape index (κ3) is 5.31. The molecule has 2 aromatic carbocycles. The molecule has 1 aliphatic rings. The summed E-state index contributed by atoms with van der Waals surface area (Å²) in [6.07, 6.45) is 2.37. The van der Waals surface area contributed by atoms with Gasteiger partial charge in [-0.1, -0.05) is 18.2 Å². The lowest BCUT2D eigenvalue weighted by atomic mass is 10.0. The minimum atomic E-state index is -1.25. The maximum atomic E-state index is 14.8. The van der Waals surface area contributed by atoms with E-state index in [1.165, 1.54) is 12.1 Å². The number of benzene rings is 2. The number of nitrogens with two attached hydrogens (primary N) is 1. The van der Waals surface area contributed by atoms with Crippen LogP contribution in [0.15, 0.2) is 61.1 Å². The van der Waals surface area contributed by atoms with Gasteiger partial charge in [-0.25, -0.2) is 24.1 Å². The number of ether oxygens (including phenoxy) is 1. The van der Waals surface area contributed by atoms with E-state index in [0.717, 1.165) is 17.1 Å². The number of carbonyl (C=O) groups is 2. The van der Waals surface area contributed by atoms with E-state index in [1.807, 2.05) is 51.1 Å². The SMILES string of the molecule is CC(C)(C)OC(=O)N1CCN(c2cc(-n3cnc4c(C(N)=O)cc(-c5ccnc(F)c5F)cc43)c3ccccc3n2)CC1. The molecule has 220 valence electrons. The van der Waals surface area contributed by atoms with Crippen molar-refractivity contribution < 1.29 is 23.1 Å². The first-order chi connectivity index (χ1) is 20.5. The molecule has 2 N–H and O–H groups in total. The zero-order valence-electron chi connectivity index (χ0n) is 23.8. The van der Waals surface area contributed by atoms with Crippen LogP contribution in [0.5, 0.6) is 0 Å². The van der Waals surface area contributed by atoms with Crippen LogP contribution < -0.4 is 10.6 Å². The van der Waals surface area contributed by atoms with Gasteiger partial charge < -0.3 is 20.3 Å². The predicted octanol–water partition coefficient (Wildman–Crippen LogP) is 5.07. The highest BCUT2D eigenvalue weighted by Crippen LogP contribution is 2.33. The third-order valence-corrected chi connectivity index (χ3v) is 7.27. The quantitative estimate of drug-likeness (QED) is 0.293. The molecule has 0 aliphatic carbocycles. The summed E-state index contributed by atoms with van der Waals surface area (Å²) in [5.74, 6) is -2.45. The van der Waals surface area contributed by atoms with Crippen molar-refractivity contribution in [3.05, 3.63) is 78.4 Å². The van der Waals surface area contributed by atoms with Crippen LogP contribution in [0, 0.1) is 11.8 Å². The number of nitrogens with zero attached hydrogens (tertiary/aromatic N) is 6. The maximum absolute atomic E-state index is 14.8. The van der Waals surface area contributed by atoms with Crippen molar-refractivity contribution in [2.75, 3.05) is 31.1 Å². The summed E-state index contributed by atoms with van der Waals surface area (Å²) in [6.45, 7) is 7.52. The number of carbonyl (C=O) groups excluding carboxylic acids is 2. The molecule has 0 atom stereocenters. The molecular formula is C31H29F2N7O3. The van der Waals surface area contributed by atoms with Gasteiger partial charge in [-0.2, -0.15) is 4.39 Å². The fraction of sp³-hybridized carbons (Fsp3) is 0.258. The second-order valence-corrected chi connectivity index (χ2v) is 11.3. The van der Waals surface area contributed by atoms with E-state index in [0.29, 0.717) is 48.7 Å². The van der Waals surface area contributed by atoms with E-state index in [1.54, 1.807) is 21.9 Å². The Morgan fingerprint density at radius 3 is 2.44 bits per heavy atom. The van der Waals surface area contributed by atoms with Crippen LogP contribution in [-0.4, -0.2) is 68.2 Å². The van der Waals surface area contributed by atoms with Gasteiger partial charge in [0.25, 0.3) is 5.91 Å². The lowest BCUT2D eigenvalue weighted by Crippen LogP contribution is -2.50. The number of imidazole rings is 1. The van der Waals surface area contributed by atoms with Gasteiger partial charge in [0.05, 0.1) is 22.3 Å². The van der Waals surface area contributed by atoms with Crippen LogP contribution in [0.25, 0.3) is 38.8 Å². The molecule has 0 saturated carbocycles. The van der Waals surface area contributed by atoms with Crippen molar-refractivity contribution >= 4 is 39.8 Å². The number of anilines is 1. The molecule has 1 saturated heterocycles. The molecule has 0 spiro atoms. The Morgan fingerprint density at radius 1 is 0.977 bits per heavy atom. The summed E-state index contributed by atoms with van der Waals surface area (Å²) in [5.41, 5.74) is 7.60. The summed E-state index contributed by atoms with van der Waals surface area (Å²) in [4.78, 5) is 41.6. The van der Waals surface area contributed by atoms with Crippen LogP contribution in [0.4, 0.5) is 19.4 Å². The fourth-order valence-corrected chi connectivity index (χ4v) is 5.24. The number of pyridine rings is 2. The lowest BCUT2D eigenvalue weighted by Gasteiger charge is -2.36. The Balaban J connectivity index is 1.44. The highest BCUT2D eigenvalue weighted by Gasteiger charge is 2.27. The molecule has 3 aromatic heterocycles.